The van der Waals surface area contributed by atoms with Gasteiger partial charge in [-0.3, -0.25) is 4.79 Å². The molecule has 3 aromatic rings. The van der Waals surface area contributed by atoms with E-state index >= 15 is 0 Å². The average Bonchev–Trinajstić information content (AvgIpc) is 3.14. The van der Waals surface area contributed by atoms with Gasteiger partial charge in [0.2, 0.25) is 0 Å². The minimum absolute atomic E-state index is 0.117. The van der Waals surface area contributed by atoms with E-state index in [0.717, 1.165) is 16.9 Å². The van der Waals surface area contributed by atoms with Crippen LogP contribution in [0.25, 0.3) is 0 Å². The van der Waals surface area contributed by atoms with Crippen molar-refractivity contribution < 1.29 is 9.53 Å². The van der Waals surface area contributed by atoms with Crippen LogP contribution >= 0.6 is 0 Å². The second-order valence-electron chi connectivity index (χ2n) is 6.71. The van der Waals surface area contributed by atoms with Crippen LogP contribution in [0.2, 0.25) is 0 Å². The maximum Gasteiger partial charge on any atom is 0.251 e. The van der Waals surface area contributed by atoms with Crippen molar-refractivity contribution in [3.63, 3.8) is 0 Å². The van der Waals surface area contributed by atoms with Gasteiger partial charge >= 0.3 is 0 Å². The van der Waals surface area contributed by atoms with E-state index in [2.05, 4.69) is 10.3 Å². The van der Waals surface area contributed by atoms with E-state index < -0.39 is 5.54 Å². The molecular formula is C21H23N3O2. The first-order chi connectivity index (χ1) is 12.5. The summed E-state index contributed by atoms with van der Waals surface area (Å²) in [5.41, 5.74) is 2.05. The lowest BCUT2D eigenvalue weighted by molar-refractivity contribution is 0.0911. The van der Waals surface area contributed by atoms with Gasteiger partial charge in [0.1, 0.15) is 5.75 Å². The quantitative estimate of drug-likeness (QED) is 0.740. The lowest BCUT2D eigenvalue weighted by Crippen LogP contribution is -2.41. The number of hydrogen-bond donors (Lipinski definition) is 1. The van der Waals surface area contributed by atoms with Crippen molar-refractivity contribution in [3.05, 3.63) is 83.9 Å². The molecule has 134 valence electrons. The number of amides is 1. The van der Waals surface area contributed by atoms with Crippen LogP contribution < -0.4 is 10.1 Å². The summed E-state index contributed by atoms with van der Waals surface area (Å²) < 4.78 is 7.40. The summed E-state index contributed by atoms with van der Waals surface area (Å²) in [6.45, 7) is 4.62. The predicted molar refractivity (Wildman–Crippen MR) is 101 cm³/mol. The Morgan fingerprint density at radius 3 is 2.73 bits per heavy atom. The van der Waals surface area contributed by atoms with Crippen molar-refractivity contribution in [2.45, 2.75) is 25.9 Å². The lowest BCUT2D eigenvalue weighted by Gasteiger charge is -2.28. The minimum atomic E-state index is -0.565. The first kappa shape index (κ1) is 17.7. The average molecular weight is 349 g/mol. The Labute approximate surface area is 153 Å². The van der Waals surface area contributed by atoms with Gasteiger partial charge in [-0.25, -0.2) is 4.98 Å². The van der Waals surface area contributed by atoms with Gasteiger partial charge in [0.05, 0.1) is 19.0 Å². The Morgan fingerprint density at radius 2 is 2.00 bits per heavy atom. The van der Waals surface area contributed by atoms with Crippen molar-refractivity contribution in [1.29, 1.82) is 0 Å². The van der Waals surface area contributed by atoms with Gasteiger partial charge in [-0.1, -0.05) is 30.3 Å². The summed E-state index contributed by atoms with van der Waals surface area (Å²) in [7, 11) is 1.64. The van der Waals surface area contributed by atoms with Crippen LogP contribution in [0.4, 0.5) is 0 Å². The summed E-state index contributed by atoms with van der Waals surface area (Å²) >= 11 is 0. The first-order valence-corrected chi connectivity index (χ1v) is 8.50. The molecule has 1 aromatic heterocycles. The molecule has 26 heavy (non-hydrogen) atoms. The number of benzene rings is 2. The van der Waals surface area contributed by atoms with E-state index in [1.54, 1.807) is 19.6 Å². The molecule has 0 spiro atoms. The van der Waals surface area contributed by atoms with Crippen LogP contribution in [0.15, 0.2) is 67.3 Å². The van der Waals surface area contributed by atoms with E-state index in [9.17, 15) is 4.79 Å². The fourth-order valence-corrected chi connectivity index (χ4v) is 2.99. The Morgan fingerprint density at radius 1 is 1.19 bits per heavy atom. The number of carbonyl (C=O) groups is 1. The molecule has 0 aliphatic heterocycles. The number of aromatic nitrogens is 2. The number of ether oxygens (including phenoxy) is 1. The minimum Gasteiger partial charge on any atom is -0.496 e. The summed E-state index contributed by atoms with van der Waals surface area (Å²) in [6, 6.07) is 15.4. The molecule has 0 saturated heterocycles. The number of methoxy groups -OCH3 is 1. The van der Waals surface area contributed by atoms with Gasteiger partial charge in [0.15, 0.2) is 0 Å². The zero-order valence-electron chi connectivity index (χ0n) is 15.3. The summed E-state index contributed by atoms with van der Waals surface area (Å²) in [4.78, 5) is 16.9. The predicted octanol–water partition coefficient (Wildman–Crippen LogP) is 3.61. The zero-order valence-corrected chi connectivity index (χ0v) is 15.3. The van der Waals surface area contributed by atoms with Crippen molar-refractivity contribution in [1.82, 2.24) is 14.9 Å². The van der Waals surface area contributed by atoms with Crippen LogP contribution in [0.1, 0.15) is 35.3 Å². The van der Waals surface area contributed by atoms with E-state index in [-0.39, 0.29) is 5.91 Å². The SMILES string of the molecule is COc1ccccc1C(C)(C)NC(=O)c1cccc(Cn2ccnc2)c1. The van der Waals surface area contributed by atoms with Crippen LogP contribution in [-0.4, -0.2) is 22.6 Å². The molecule has 0 atom stereocenters. The normalized spacial score (nSPS) is 11.2. The largest absolute Gasteiger partial charge is 0.496 e. The molecule has 1 amide bonds. The Hall–Kier alpha value is -3.08. The Bertz CT molecular complexity index is 886. The Kier molecular flexibility index (Phi) is 5.07. The fraction of sp³-hybridized carbons (Fsp3) is 0.238. The highest BCUT2D eigenvalue weighted by Gasteiger charge is 2.26. The Balaban J connectivity index is 1.79. The maximum atomic E-state index is 12.8. The number of carbonyl (C=O) groups excluding carboxylic acids is 1. The van der Waals surface area contributed by atoms with Gasteiger partial charge < -0.3 is 14.6 Å². The number of hydrogen-bond acceptors (Lipinski definition) is 3. The number of nitrogens with one attached hydrogen (secondary N) is 1. The third kappa shape index (κ3) is 3.94. The monoisotopic (exact) mass is 349 g/mol. The topological polar surface area (TPSA) is 56.1 Å². The number of nitrogens with zero attached hydrogens (tertiary/aromatic N) is 2. The highest BCUT2D eigenvalue weighted by Crippen LogP contribution is 2.29. The number of para-hydroxylation sites is 1. The molecule has 5 heteroatoms. The van der Waals surface area contributed by atoms with Gasteiger partial charge in [-0.05, 0) is 37.6 Å². The summed E-state index contributed by atoms with van der Waals surface area (Å²) in [5, 5.41) is 3.11. The van der Waals surface area contributed by atoms with Gasteiger partial charge in [-0.2, -0.15) is 0 Å². The highest BCUT2D eigenvalue weighted by molar-refractivity contribution is 5.95. The molecule has 0 aliphatic rings. The van der Waals surface area contributed by atoms with Crippen molar-refractivity contribution in [2.24, 2.45) is 0 Å². The lowest BCUT2D eigenvalue weighted by atomic mass is 9.92. The molecule has 0 fully saturated rings. The maximum absolute atomic E-state index is 12.8. The van der Waals surface area contributed by atoms with Crippen molar-refractivity contribution >= 4 is 5.91 Å². The second kappa shape index (κ2) is 7.44. The fourth-order valence-electron chi connectivity index (χ4n) is 2.99. The molecule has 1 N–H and O–H groups in total. The molecule has 0 aliphatic carbocycles. The zero-order chi connectivity index (χ0) is 18.6. The molecular weight excluding hydrogens is 326 g/mol. The van der Waals surface area contributed by atoms with Crippen LogP contribution in [0, 0.1) is 0 Å². The number of rotatable bonds is 6. The molecule has 0 saturated carbocycles. The van der Waals surface area contributed by atoms with E-state index in [4.69, 9.17) is 4.74 Å². The van der Waals surface area contributed by atoms with Gasteiger partial charge in [0, 0.05) is 30.1 Å². The van der Waals surface area contributed by atoms with Crippen molar-refractivity contribution in [2.75, 3.05) is 7.11 Å². The molecule has 5 nitrogen and oxygen atoms in total. The summed E-state index contributed by atoms with van der Waals surface area (Å²) in [6.07, 6.45) is 5.40. The second-order valence-corrected chi connectivity index (χ2v) is 6.71. The van der Waals surface area contributed by atoms with E-state index in [0.29, 0.717) is 12.1 Å². The summed E-state index contributed by atoms with van der Waals surface area (Å²) in [5.74, 6) is 0.639. The molecule has 0 radical (unpaired) electrons. The van der Waals surface area contributed by atoms with Crippen LogP contribution in [0.3, 0.4) is 0 Å². The third-order valence-electron chi connectivity index (χ3n) is 4.32. The molecule has 1 heterocycles. The highest BCUT2D eigenvalue weighted by atomic mass is 16.5. The van der Waals surface area contributed by atoms with Gasteiger partial charge in [0.25, 0.3) is 5.91 Å². The third-order valence-corrected chi connectivity index (χ3v) is 4.32. The van der Waals surface area contributed by atoms with Crippen LogP contribution in [0.5, 0.6) is 5.75 Å². The number of imidazole rings is 1. The molecule has 3 rings (SSSR count). The smallest absolute Gasteiger partial charge is 0.251 e. The van der Waals surface area contributed by atoms with E-state index in [1.165, 1.54) is 0 Å². The first-order valence-electron chi connectivity index (χ1n) is 8.50. The molecule has 0 unspecified atom stereocenters. The van der Waals surface area contributed by atoms with Gasteiger partial charge in [-0.15, -0.1) is 0 Å². The van der Waals surface area contributed by atoms with Crippen LogP contribution in [-0.2, 0) is 12.1 Å². The molecule has 0 bridgehead atoms. The molecule has 2 aromatic carbocycles. The van der Waals surface area contributed by atoms with Crippen molar-refractivity contribution in [3.8, 4) is 5.75 Å². The standard InChI is InChI=1S/C21H23N3O2/c1-21(2,18-9-4-5-10-19(18)26-3)23-20(25)17-8-6-7-16(13-17)14-24-12-11-22-15-24/h4-13,15H,14H2,1-3H3,(H,23,25). The van der Waals surface area contributed by atoms with E-state index in [1.807, 2.05) is 73.1 Å².